The standard InChI is InChI=1S/C25H31NO5/c1-17-7-9-19(10-8-17)15-30-22-14-25(13-21(27)23(22)28,24(29)26-20-11-12-20)31-16-18-5-3-2-4-6-18/h2-10,20-23,27-28H,11-16H2,1H3,(H,26,29)/t21-,22+,23-,25+/m1/s1. The van der Waals surface area contributed by atoms with Crippen LogP contribution >= 0.6 is 0 Å². The number of ether oxygens (including phenoxy) is 2. The van der Waals surface area contributed by atoms with Crippen molar-refractivity contribution in [3.05, 3.63) is 71.3 Å². The molecule has 2 aromatic carbocycles. The van der Waals surface area contributed by atoms with Crippen LogP contribution in [-0.4, -0.2) is 46.1 Å². The molecule has 0 spiro atoms. The molecule has 2 aromatic rings. The molecule has 1 amide bonds. The number of hydrogen-bond donors (Lipinski definition) is 3. The molecular weight excluding hydrogens is 394 g/mol. The van der Waals surface area contributed by atoms with Gasteiger partial charge in [0.05, 0.1) is 25.4 Å². The van der Waals surface area contributed by atoms with Crippen LogP contribution in [0.5, 0.6) is 0 Å². The molecular formula is C25H31NO5. The van der Waals surface area contributed by atoms with E-state index in [0.29, 0.717) is 0 Å². The highest BCUT2D eigenvalue weighted by Gasteiger charge is 2.52. The quantitative estimate of drug-likeness (QED) is 0.605. The van der Waals surface area contributed by atoms with E-state index >= 15 is 0 Å². The molecule has 4 atom stereocenters. The number of carbonyl (C=O) groups excluding carboxylic acids is 1. The Morgan fingerprint density at radius 1 is 1.00 bits per heavy atom. The van der Waals surface area contributed by atoms with Gasteiger partial charge in [0, 0.05) is 18.9 Å². The Hall–Kier alpha value is -2.25. The first-order valence-corrected chi connectivity index (χ1v) is 11.0. The van der Waals surface area contributed by atoms with E-state index in [1.54, 1.807) is 0 Å². The van der Waals surface area contributed by atoms with Crippen molar-refractivity contribution >= 4 is 5.91 Å². The summed E-state index contributed by atoms with van der Waals surface area (Å²) in [5.41, 5.74) is 1.81. The maximum atomic E-state index is 13.2. The summed E-state index contributed by atoms with van der Waals surface area (Å²) < 4.78 is 12.2. The number of aliphatic hydroxyl groups is 2. The highest BCUT2D eigenvalue weighted by molar-refractivity contribution is 5.86. The fourth-order valence-electron chi connectivity index (χ4n) is 3.99. The number of aryl methyl sites for hydroxylation is 1. The predicted octanol–water partition coefficient (Wildman–Crippen LogP) is 2.63. The van der Waals surface area contributed by atoms with E-state index in [1.807, 2.05) is 61.5 Å². The third-order valence-corrected chi connectivity index (χ3v) is 6.11. The van der Waals surface area contributed by atoms with E-state index in [1.165, 1.54) is 0 Å². The SMILES string of the molecule is Cc1ccc(CO[C@H]2C[C@](OCc3ccccc3)(C(=O)NC3CC3)C[C@@H](O)[C@H]2O)cc1. The molecule has 0 aliphatic heterocycles. The molecule has 6 heteroatoms. The summed E-state index contributed by atoms with van der Waals surface area (Å²) in [5.74, 6) is -0.235. The third kappa shape index (κ3) is 5.52. The van der Waals surface area contributed by atoms with Crippen molar-refractivity contribution in [3.63, 3.8) is 0 Å². The average Bonchev–Trinajstić information content (AvgIpc) is 3.59. The van der Waals surface area contributed by atoms with E-state index in [0.717, 1.165) is 29.5 Å². The van der Waals surface area contributed by atoms with Crippen LogP contribution in [0.2, 0.25) is 0 Å². The Kier molecular flexibility index (Phi) is 6.72. The molecule has 0 radical (unpaired) electrons. The summed E-state index contributed by atoms with van der Waals surface area (Å²) >= 11 is 0. The maximum Gasteiger partial charge on any atom is 0.252 e. The maximum absolute atomic E-state index is 13.2. The van der Waals surface area contributed by atoms with Gasteiger partial charge in [-0.2, -0.15) is 0 Å². The third-order valence-electron chi connectivity index (χ3n) is 6.11. The number of benzene rings is 2. The van der Waals surface area contributed by atoms with Crippen molar-refractivity contribution in [1.82, 2.24) is 5.32 Å². The molecule has 166 valence electrons. The van der Waals surface area contributed by atoms with Gasteiger partial charge in [-0.05, 0) is 30.9 Å². The Morgan fingerprint density at radius 2 is 1.68 bits per heavy atom. The monoisotopic (exact) mass is 425 g/mol. The lowest BCUT2D eigenvalue weighted by Crippen LogP contribution is -2.60. The predicted molar refractivity (Wildman–Crippen MR) is 116 cm³/mol. The molecule has 0 saturated heterocycles. The zero-order valence-electron chi connectivity index (χ0n) is 17.9. The van der Waals surface area contributed by atoms with E-state index in [4.69, 9.17) is 9.47 Å². The highest BCUT2D eigenvalue weighted by Crippen LogP contribution is 2.36. The largest absolute Gasteiger partial charge is 0.390 e. The highest BCUT2D eigenvalue weighted by atomic mass is 16.5. The van der Waals surface area contributed by atoms with Crippen LogP contribution in [-0.2, 0) is 27.5 Å². The van der Waals surface area contributed by atoms with Crippen molar-refractivity contribution < 1.29 is 24.5 Å². The van der Waals surface area contributed by atoms with Gasteiger partial charge >= 0.3 is 0 Å². The van der Waals surface area contributed by atoms with Crippen molar-refractivity contribution in [2.75, 3.05) is 0 Å². The van der Waals surface area contributed by atoms with E-state index in [-0.39, 0.29) is 38.0 Å². The summed E-state index contributed by atoms with van der Waals surface area (Å²) in [6, 6.07) is 17.8. The molecule has 4 rings (SSSR count). The Balaban J connectivity index is 1.50. The fourth-order valence-corrected chi connectivity index (χ4v) is 3.99. The van der Waals surface area contributed by atoms with Gasteiger partial charge in [0.1, 0.15) is 6.10 Å². The van der Waals surface area contributed by atoms with Gasteiger partial charge in [0.25, 0.3) is 5.91 Å². The minimum Gasteiger partial charge on any atom is -0.390 e. The van der Waals surface area contributed by atoms with Gasteiger partial charge in [-0.25, -0.2) is 0 Å². The second-order valence-corrected chi connectivity index (χ2v) is 8.82. The van der Waals surface area contributed by atoms with Crippen LogP contribution in [0.1, 0.15) is 42.4 Å². The van der Waals surface area contributed by atoms with Crippen LogP contribution in [0, 0.1) is 6.92 Å². The van der Waals surface area contributed by atoms with Gasteiger partial charge in [-0.3, -0.25) is 4.79 Å². The van der Waals surface area contributed by atoms with Crippen LogP contribution in [0.4, 0.5) is 0 Å². The summed E-state index contributed by atoms with van der Waals surface area (Å²) in [6.45, 7) is 2.54. The van der Waals surface area contributed by atoms with Crippen molar-refractivity contribution in [3.8, 4) is 0 Å². The van der Waals surface area contributed by atoms with E-state index < -0.39 is 23.9 Å². The number of rotatable bonds is 8. The summed E-state index contributed by atoms with van der Waals surface area (Å²) in [5, 5.41) is 24.2. The Morgan fingerprint density at radius 3 is 2.35 bits per heavy atom. The minimum atomic E-state index is -1.25. The molecule has 0 unspecified atom stereocenters. The minimum absolute atomic E-state index is 0.0317. The first kappa shape index (κ1) is 22.0. The van der Waals surface area contributed by atoms with Crippen LogP contribution in [0.25, 0.3) is 0 Å². The molecule has 0 aromatic heterocycles. The molecule has 0 heterocycles. The summed E-state index contributed by atoms with van der Waals surface area (Å²) in [7, 11) is 0. The lowest BCUT2D eigenvalue weighted by Gasteiger charge is -2.44. The van der Waals surface area contributed by atoms with Crippen molar-refractivity contribution in [1.29, 1.82) is 0 Å². The summed E-state index contributed by atoms with van der Waals surface area (Å²) in [6.07, 6.45) is -0.777. The number of amides is 1. The number of nitrogens with one attached hydrogen (secondary N) is 1. The van der Waals surface area contributed by atoms with E-state index in [9.17, 15) is 15.0 Å². The molecule has 2 saturated carbocycles. The molecule has 0 bridgehead atoms. The summed E-state index contributed by atoms with van der Waals surface area (Å²) in [4.78, 5) is 13.2. The number of aliphatic hydroxyl groups excluding tert-OH is 2. The topological polar surface area (TPSA) is 88.0 Å². The lowest BCUT2D eigenvalue weighted by molar-refractivity contribution is -0.200. The number of hydrogen-bond acceptors (Lipinski definition) is 5. The zero-order valence-corrected chi connectivity index (χ0v) is 17.9. The molecule has 31 heavy (non-hydrogen) atoms. The van der Waals surface area contributed by atoms with Crippen LogP contribution in [0.3, 0.4) is 0 Å². The normalized spacial score (nSPS) is 28.3. The van der Waals surface area contributed by atoms with Gasteiger partial charge in [-0.15, -0.1) is 0 Å². The first-order valence-electron chi connectivity index (χ1n) is 11.0. The second kappa shape index (κ2) is 9.49. The fraction of sp³-hybridized carbons (Fsp3) is 0.480. The van der Waals surface area contributed by atoms with Gasteiger partial charge in [0.2, 0.25) is 0 Å². The average molecular weight is 426 g/mol. The van der Waals surface area contributed by atoms with Gasteiger partial charge in [0.15, 0.2) is 5.60 Å². The zero-order chi connectivity index (χ0) is 21.8. The Bertz CT molecular complexity index is 867. The second-order valence-electron chi connectivity index (χ2n) is 8.82. The molecule has 2 aliphatic carbocycles. The van der Waals surface area contributed by atoms with E-state index in [2.05, 4.69) is 5.32 Å². The van der Waals surface area contributed by atoms with Crippen molar-refractivity contribution in [2.24, 2.45) is 0 Å². The first-order chi connectivity index (χ1) is 14.9. The lowest BCUT2D eigenvalue weighted by atomic mass is 9.78. The van der Waals surface area contributed by atoms with Crippen LogP contribution in [0.15, 0.2) is 54.6 Å². The van der Waals surface area contributed by atoms with Crippen molar-refractivity contribution in [2.45, 2.75) is 75.8 Å². The molecule has 2 fully saturated rings. The van der Waals surface area contributed by atoms with Gasteiger partial charge in [-0.1, -0.05) is 60.2 Å². The van der Waals surface area contributed by atoms with Crippen LogP contribution < -0.4 is 5.32 Å². The molecule has 6 nitrogen and oxygen atoms in total. The molecule has 3 N–H and O–H groups in total. The van der Waals surface area contributed by atoms with Gasteiger partial charge < -0.3 is 25.0 Å². The Labute approximate surface area is 183 Å². The number of carbonyl (C=O) groups is 1. The molecule has 2 aliphatic rings. The smallest absolute Gasteiger partial charge is 0.252 e.